The van der Waals surface area contributed by atoms with Gasteiger partial charge >= 0.3 is 0 Å². The molecule has 17 heavy (non-hydrogen) atoms. The summed E-state index contributed by atoms with van der Waals surface area (Å²) in [6.45, 7) is 9.23. The van der Waals surface area contributed by atoms with E-state index < -0.39 is 8.32 Å². The second kappa shape index (κ2) is 12.2. The summed E-state index contributed by atoms with van der Waals surface area (Å²) in [5, 5.41) is 0. The largest absolute Gasteiger partial charge is 0.417 e. The fourth-order valence-electron chi connectivity index (χ4n) is 1.00. The summed E-state index contributed by atoms with van der Waals surface area (Å²) >= 11 is 9.33. The number of thioether (sulfide) groups is 2. The molecular formula is C11H25ClO2S2Si. The summed E-state index contributed by atoms with van der Waals surface area (Å²) in [4.78, 5) is 0. The van der Waals surface area contributed by atoms with Gasteiger partial charge < -0.3 is 9.16 Å². The van der Waals surface area contributed by atoms with Crippen molar-refractivity contribution in [3.63, 3.8) is 0 Å². The predicted octanol–water partition coefficient (Wildman–Crippen LogP) is 3.56. The first-order chi connectivity index (χ1) is 8.06. The van der Waals surface area contributed by atoms with Crippen LogP contribution in [0, 0.1) is 0 Å². The third-order valence-electron chi connectivity index (χ3n) is 1.73. The molecule has 0 unspecified atom stereocenters. The molecule has 0 aromatic heterocycles. The van der Waals surface area contributed by atoms with Crippen molar-refractivity contribution in [2.75, 3.05) is 48.7 Å². The second-order valence-electron chi connectivity index (χ2n) is 4.49. The highest BCUT2D eigenvalue weighted by molar-refractivity contribution is 7.99. The molecule has 0 N–H and O–H groups in total. The minimum Gasteiger partial charge on any atom is -0.417 e. The summed E-state index contributed by atoms with van der Waals surface area (Å²) in [7, 11) is -1.31. The van der Waals surface area contributed by atoms with Crippen LogP contribution in [0.1, 0.15) is 0 Å². The summed E-state index contributed by atoms with van der Waals surface area (Å²) in [6, 6.07) is 0. The van der Waals surface area contributed by atoms with Gasteiger partial charge in [-0.3, -0.25) is 0 Å². The first kappa shape index (κ1) is 18.1. The van der Waals surface area contributed by atoms with Crippen LogP contribution in [0.5, 0.6) is 0 Å². The fraction of sp³-hybridized carbons (Fsp3) is 1.00. The Morgan fingerprint density at radius 2 is 1.41 bits per heavy atom. The van der Waals surface area contributed by atoms with Crippen molar-refractivity contribution in [3.8, 4) is 0 Å². The van der Waals surface area contributed by atoms with Gasteiger partial charge in [-0.1, -0.05) is 0 Å². The van der Waals surface area contributed by atoms with Gasteiger partial charge in [0.2, 0.25) is 0 Å². The van der Waals surface area contributed by atoms with Crippen molar-refractivity contribution in [1.82, 2.24) is 0 Å². The van der Waals surface area contributed by atoms with Crippen molar-refractivity contribution in [3.05, 3.63) is 0 Å². The fourth-order valence-corrected chi connectivity index (χ4v) is 3.38. The Morgan fingerprint density at radius 1 is 0.882 bits per heavy atom. The molecule has 0 aromatic carbocycles. The van der Waals surface area contributed by atoms with Gasteiger partial charge in [0.25, 0.3) is 0 Å². The van der Waals surface area contributed by atoms with E-state index in [2.05, 4.69) is 19.6 Å². The normalized spacial score (nSPS) is 12.0. The van der Waals surface area contributed by atoms with Crippen molar-refractivity contribution >= 4 is 43.4 Å². The van der Waals surface area contributed by atoms with Gasteiger partial charge in [-0.15, -0.1) is 11.6 Å². The summed E-state index contributed by atoms with van der Waals surface area (Å²) in [6.07, 6.45) is 0. The SMILES string of the molecule is C[Si](C)(C)OCCSCCOCCSCCCl. The minimum absolute atomic E-state index is 0.734. The molecule has 0 fully saturated rings. The van der Waals surface area contributed by atoms with E-state index in [4.69, 9.17) is 20.8 Å². The second-order valence-corrected chi connectivity index (χ2v) is 11.8. The molecule has 0 aromatic rings. The molecule has 0 aliphatic carbocycles. The van der Waals surface area contributed by atoms with Crippen molar-refractivity contribution in [2.24, 2.45) is 0 Å². The number of hydrogen-bond donors (Lipinski definition) is 0. The highest BCUT2D eigenvalue weighted by Gasteiger charge is 2.12. The van der Waals surface area contributed by atoms with E-state index in [0.29, 0.717) is 0 Å². The van der Waals surface area contributed by atoms with Gasteiger partial charge in [0.1, 0.15) is 0 Å². The molecule has 0 radical (unpaired) electrons. The average Bonchev–Trinajstić information content (AvgIpc) is 2.24. The van der Waals surface area contributed by atoms with Crippen LogP contribution in [0.25, 0.3) is 0 Å². The van der Waals surface area contributed by atoms with E-state index in [1.807, 2.05) is 23.5 Å². The van der Waals surface area contributed by atoms with Gasteiger partial charge in [-0.05, 0) is 19.6 Å². The lowest BCUT2D eigenvalue weighted by Crippen LogP contribution is -2.26. The van der Waals surface area contributed by atoms with E-state index >= 15 is 0 Å². The Labute approximate surface area is 121 Å². The predicted molar refractivity (Wildman–Crippen MR) is 85.5 cm³/mol. The van der Waals surface area contributed by atoms with Crippen LogP contribution in [0.4, 0.5) is 0 Å². The maximum absolute atomic E-state index is 5.76. The molecular weight excluding hydrogens is 292 g/mol. The number of rotatable bonds is 12. The molecule has 0 atom stereocenters. The Kier molecular flexibility index (Phi) is 13.0. The molecule has 0 heterocycles. The van der Waals surface area contributed by atoms with Crippen molar-refractivity contribution in [1.29, 1.82) is 0 Å². The summed E-state index contributed by atoms with van der Waals surface area (Å²) in [5.41, 5.74) is 0. The Morgan fingerprint density at radius 3 is 1.94 bits per heavy atom. The standard InChI is InChI=1S/C11H25ClO2S2Si/c1-17(2,3)14-7-11-16-10-6-13-5-9-15-8-4-12/h4-11H2,1-3H3. The molecule has 0 saturated carbocycles. The summed E-state index contributed by atoms with van der Waals surface area (Å²) in [5.74, 6) is 4.95. The van der Waals surface area contributed by atoms with Crippen LogP contribution in [0.15, 0.2) is 0 Å². The van der Waals surface area contributed by atoms with Crippen LogP contribution in [0.3, 0.4) is 0 Å². The van der Waals surface area contributed by atoms with Gasteiger partial charge in [0.05, 0.1) is 13.2 Å². The van der Waals surface area contributed by atoms with E-state index in [-0.39, 0.29) is 0 Å². The molecule has 0 bridgehead atoms. The zero-order chi connectivity index (χ0) is 13.0. The van der Waals surface area contributed by atoms with Crippen LogP contribution in [0.2, 0.25) is 19.6 Å². The molecule has 6 heteroatoms. The van der Waals surface area contributed by atoms with E-state index in [1.54, 1.807) is 0 Å². The van der Waals surface area contributed by atoms with Crippen molar-refractivity contribution in [2.45, 2.75) is 19.6 Å². The lowest BCUT2D eigenvalue weighted by Gasteiger charge is -2.16. The molecule has 104 valence electrons. The topological polar surface area (TPSA) is 18.5 Å². The van der Waals surface area contributed by atoms with Gasteiger partial charge in [-0.2, -0.15) is 23.5 Å². The van der Waals surface area contributed by atoms with Crippen LogP contribution in [-0.2, 0) is 9.16 Å². The number of hydrogen-bond acceptors (Lipinski definition) is 4. The minimum atomic E-state index is -1.31. The third-order valence-corrected chi connectivity index (χ3v) is 5.07. The Hall–Kier alpha value is 1.13. The quantitative estimate of drug-likeness (QED) is 0.311. The van der Waals surface area contributed by atoms with Gasteiger partial charge in [-0.25, -0.2) is 0 Å². The van der Waals surface area contributed by atoms with Gasteiger partial charge in [0, 0.05) is 35.5 Å². The third kappa shape index (κ3) is 17.1. The Balaban J connectivity index is 2.99. The molecule has 0 amide bonds. The number of alkyl halides is 1. The highest BCUT2D eigenvalue weighted by Crippen LogP contribution is 2.06. The molecule has 0 saturated heterocycles. The molecule has 0 spiro atoms. The average molecular weight is 317 g/mol. The molecule has 0 aliphatic heterocycles. The zero-order valence-corrected chi connectivity index (χ0v) is 14.6. The van der Waals surface area contributed by atoms with Crippen LogP contribution >= 0.6 is 35.1 Å². The lowest BCUT2D eigenvalue weighted by molar-refractivity contribution is 0.167. The van der Waals surface area contributed by atoms with Crippen molar-refractivity contribution < 1.29 is 9.16 Å². The highest BCUT2D eigenvalue weighted by atomic mass is 35.5. The maximum atomic E-state index is 5.76. The first-order valence-corrected chi connectivity index (χ1v) is 12.2. The smallest absolute Gasteiger partial charge is 0.183 e. The van der Waals surface area contributed by atoms with Crippen LogP contribution < -0.4 is 0 Å². The van der Waals surface area contributed by atoms with E-state index in [1.165, 1.54) is 0 Å². The van der Waals surface area contributed by atoms with Gasteiger partial charge in [0.15, 0.2) is 8.32 Å². The zero-order valence-electron chi connectivity index (χ0n) is 11.2. The summed E-state index contributed by atoms with van der Waals surface area (Å²) < 4.78 is 11.3. The number of halogens is 1. The Bertz CT molecular complexity index is 168. The molecule has 2 nitrogen and oxygen atoms in total. The number of ether oxygens (including phenoxy) is 1. The van der Waals surface area contributed by atoms with E-state index in [9.17, 15) is 0 Å². The lowest BCUT2D eigenvalue weighted by atomic mass is 10.8. The van der Waals surface area contributed by atoms with Crippen LogP contribution in [-0.4, -0.2) is 57.0 Å². The maximum Gasteiger partial charge on any atom is 0.183 e. The van der Waals surface area contributed by atoms with E-state index in [0.717, 1.165) is 48.7 Å². The molecule has 0 aliphatic rings. The monoisotopic (exact) mass is 316 g/mol. The first-order valence-electron chi connectivity index (χ1n) is 5.99. The molecule has 0 rings (SSSR count).